The molecule has 1 aliphatic heterocycles. The molecule has 0 radical (unpaired) electrons. The van der Waals surface area contributed by atoms with E-state index in [4.69, 9.17) is 0 Å². The van der Waals surface area contributed by atoms with E-state index in [1.54, 1.807) is 46.7 Å². The molecule has 0 unspecified atom stereocenters. The zero-order valence-electron chi connectivity index (χ0n) is 16.6. The number of carbonyl (C=O) groups is 2. The molecule has 8 heteroatoms. The van der Waals surface area contributed by atoms with Crippen LogP contribution in [0.3, 0.4) is 0 Å². The predicted octanol–water partition coefficient (Wildman–Crippen LogP) is 3.42. The molecule has 28 heavy (non-hydrogen) atoms. The second kappa shape index (κ2) is 8.60. The van der Waals surface area contributed by atoms with E-state index in [0.717, 1.165) is 24.6 Å². The lowest BCUT2D eigenvalue weighted by Crippen LogP contribution is -2.50. The first-order valence-corrected chi connectivity index (χ1v) is 10.4. The summed E-state index contributed by atoms with van der Waals surface area (Å²) in [4.78, 5) is 33.1. The quantitative estimate of drug-likeness (QED) is 0.805. The molecule has 1 saturated heterocycles. The van der Waals surface area contributed by atoms with Gasteiger partial charge < -0.3 is 20.4 Å². The number of carbonyl (C=O) groups excluding carboxylic acids is 2. The molecule has 0 saturated carbocycles. The van der Waals surface area contributed by atoms with Crippen LogP contribution in [-0.4, -0.2) is 53.5 Å². The second-order valence-corrected chi connectivity index (χ2v) is 8.36. The lowest BCUT2D eigenvalue weighted by atomic mass is 10.0. The first-order chi connectivity index (χ1) is 13.4. The highest BCUT2D eigenvalue weighted by molar-refractivity contribution is 7.13. The molecule has 1 aromatic carbocycles. The number of aromatic nitrogens is 1. The largest absolute Gasteiger partial charge is 0.347 e. The fraction of sp³-hybridized carbons (Fsp3) is 0.450. The van der Waals surface area contributed by atoms with Crippen molar-refractivity contribution in [3.05, 3.63) is 41.4 Å². The third-order valence-electron chi connectivity index (χ3n) is 4.99. The van der Waals surface area contributed by atoms with Gasteiger partial charge in [0.25, 0.3) is 5.91 Å². The zero-order valence-corrected chi connectivity index (χ0v) is 17.4. The van der Waals surface area contributed by atoms with Gasteiger partial charge in [0.15, 0.2) is 5.13 Å². The molecule has 3 amide bonds. The van der Waals surface area contributed by atoms with Gasteiger partial charge in [-0.15, -0.1) is 11.3 Å². The highest BCUT2D eigenvalue weighted by atomic mass is 32.1. The van der Waals surface area contributed by atoms with Gasteiger partial charge in [-0.3, -0.25) is 4.79 Å². The SMILES string of the molecule is CCC(C)(C)NC(=O)c1ccc(NC(=O)N2CCN(c3nccs3)CC2)cc1. The minimum Gasteiger partial charge on any atom is -0.347 e. The van der Waals surface area contributed by atoms with Crippen LogP contribution in [0.1, 0.15) is 37.6 Å². The number of benzene rings is 1. The van der Waals surface area contributed by atoms with Crippen molar-refractivity contribution in [3.63, 3.8) is 0 Å². The van der Waals surface area contributed by atoms with Gasteiger partial charge in [-0.25, -0.2) is 9.78 Å². The Labute approximate surface area is 169 Å². The minimum absolute atomic E-state index is 0.108. The van der Waals surface area contributed by atoms with Gasteiger partial charge in [-0.05, 0) is 44.5 Å². The van der Waals surface area contributed by atoms with Crippen LogP contribution in [0, 0.1) is 0 Å². The molecule has 1 fully saturated rings. The number of thiazole rings is 1. The van der Waals surface area contributed by atoms with E-state index in [2.05, 4.69) is 20.5 Å². The highest BCUT2D eigenvalue weighted by Gasteiger charge is 2.23. The Morgan fingerprint density at radius 1 is 1.14 bits per heavy atom. The lowest BCUT2D eigenvalue weighted by Gasteiger charge is -2.34. The van der Waals surface area contributed by atoms with Crippen molar-refractivity contribution >= 4 is 34.1 Å². The number of nitrogens with one attached hydrogen (secondary N) is 2. The van der Waals surface area contributed by atoms with E-state index in [1.165, 1.54) is 0 Å². The molecular weight excluding hydrogens is 374 g/mol. The molecular formula is C20H27N5O2S. The Kier molecular flexibility index (Phi) is 6.18. The Hall–Kier alpha value is -2.61. The van der Waals surface area contributed by atoms with Crippen LogP contribution >= 0.6 is 11.3 Å². The summed E-state index contributed by atoms with van der Waals surface area (Å²) in [6.45, 7) is 8.87. The maximum absolute atomic E-state index is 12.5. The van der Waals surface area contributed by atoms with E-state index in [9.17, 15) is 9.59 Å². The van der Waals surface area contributed by atoms with Crippen LogP contribution in [0.5, 0.6) is 0 Å². The monoisotopic (exact) mass is 401 g/mol. The molecule has 2 aromatic rings. The van der Waals surface area contributed by atoms with Crippen molar-refractivity contribution < 1.29 is 9.59 Å². The van der Waals surface area contributed by atoms with Crippen LogP contribution < -0.4 is 15.5 Å². The summed E-state index contributed by atoms with van der Waals surface area (Å²) in [5.41, 5.74) is 1.01. The van der Waals surface area contributed by atoms with Gasteiger partial charge in [0.05, 0.1) is 0 Å². The minimum atomic E-state index is -0.245. The average molecular weight is 402 g/mol. The summed E-state index contributed by atoms with van der Waals surface area (Å²) in [7, 11) is 0. The first kappa shape index (κ1) is 20.1. The van der Waals surface area contributed by atoms with Crippen molar-refractivity contribution in [2.75, 3.05) is 36.4 Å². The predicted molar refractivity (Wildman–Crippen MR) is 113 cm³/mol. The zero-order chi connectivity index (χ0) is 20.1. The maximum Gasteiger partial charge on any atom is 0.321 e. The number of anilines is 2. The Morgan fingerprint density at radius 2 is 1.82 bits per heavy atom. The molecule has 150 valence electrons. The average Bonchev–Trinajstić information content (AvgIpc) is 3.23. The highest BCUT2D eigenvalue weighted by Crippen LogP contribution is 2.19. The maximum atomic E-state index is 12.5. The normalized spacial score (nSPS) is 14.7. The van der Waals surface area contributed by atoms with Crippen LogP contribution in [0.25, 0.3) is 0 Å². The number of urea groups is 1. The number of hydrogen-bond acceptors (Lipinski definition) is 5. The molecule has 0 atom stereocenters. The van der Waals surface area contributed by atoms with E-state index < -0.39 is 0 Å². The molecule has 0 bridgehead atoms. The molecule has 0 aliphatic carbocycles. The van der Waals surface area contributed by atoms with Crippen molar-refractivity contribution in [2.45, 2.75) is 32.7 Å². The van der Waals surface area contributed by atoms with Gasteiger partial charge in [0, 0.05) is 54.5 Å². The van der Waals surface area contributed by atoms with Crippen molar-refractivity contribution in [1.82, 2.24) is 15.2 Å². The van der Waals surface area contributed by atoms with Gasteiger partial charge in [-0.2, -0.15) is 0 Å². The summed E-state index contributed by atoms with van der Waals surface area (Å²) in [6, 6.07) is 6.87. The second-order valence-electron chi connectivity index (χ2n) is 7.49. The van der Waals surface area contributed by atoms with Crippen LogP contribution in [-0.2, 0) is 0 Å². The van der Waals surface area contributed by atoms with E-state index >= 15 is 0 Å². The number of amides is 3. The number of hydrogen-bond donors (Lipinski definition) is 2. The molecule has 1 aromatic heterocycles. The summed E-state index contributed by atoms with van der Waals surface area (Å²) < 4.78 is 0. The number of nitrogens with zero attached hydrogens (tertiary/aromatic N) is 3. The van der Waals surface area contributed by atoms with Crippen LogP contribution in [0.4, 0.5) is 15.6 Å². The molecule has 2 N–H and O–H groups in total. The van der Waals surface area contributed by atoms with Crippen molar-refractivity contribution in [2.24, 2.45) is 0 Å². The number of rotatable bonds is 5. The summed E-state index contributed by atoms with van der Waals surface area (Å²) in [5, 5.41) is 8.88. The van der Waals surface area contributed by atoms with Gasteiger partial charge in [-0.1, -0.05) is 6.92 Å². The third kappa shape index (κ3) is 5.01. The lowest BCUT2D eigenvalue weighted by molar-refractivity contribution is 0.0911. The molecule has 7 nitrogen and oxygen atoms in total. The third-order valence-corrected chi connectivity index (χ3v) is 5.82. The molecule has 3 rings (SSSR count). The number of piperazine rings is 1. The summed E-state index contributed by atoms with van der Waals surface area (Å²) in [6.07, 6.45) is 2.65. The fourth-order valence-electron chi connectivity index (χ4n) is 2.85. The topological polar surface area (TPSA) is 77.6 Å². The van der Waals surface area contributed by atoms with Crippen LogP contribution in [0.15, 0.2) is 35.8 Å². The van der Waals surface area contributed by atoms with Gasteiger partial charge in [0.2, 0.25) is 0 Å². The van der Waals surface area contributed by atoms with Crippen molar-refractivity contribution in [3.8, 4) is 0 Å². The van der Waals surface area contributed by atoms with Crippen LogP contribution in [0.2, 0.25) is 0 Å². The van der Waals surface area contributed by atoms with E-state index in [1.807, 2.05) is 26.2 Å². The molecule has 1 aliphatic rings. The van der Waals surface area contributed by atoms with Gasteiger partial charge >= 0.3 is 6.03 Å². The first-order valence-electron chi connectivity index (χ1n) is 9.51. The van der Waals surface area contributed by atoms with Crippen molar-refractivity contribution in [1.29, 1.82) is 0 Å². The Morgan fingerprint density at radius 3 is 2.39 bits per heavy atom. The standard InChI is InChI=1S/C20H27N5O2S/c1-4-20(2,3)23-17(26)15-5-7-16(8-6-15)22-18(27)24-10-12-25(13-11-24)19-21-9-14-28-19/h5-9,14H,4,10-13H2,1-3H3,(H,22,27)(H,23,26). The smallest absolute Gasteiger partial charge is 0.321 e. The van der Waals surface area contributed by atoms with E-state index in [0.29, 0.717) is 24.3 Å². The summed E-state index contributed by atoms with van der Waals surface area (Å²) in [5.74, 6) is -0.108. The summed E-state index contributed by atoms with van der Waals surface area (Å²) >= 11 is 1.61. The Bertz CT molecular complexity index is 797. The Balaban J connectivity index is 1.51. The van der Waals surface area contributed by atoms with Gasteiger partial charge in [0.1, 0.15) is 0 Å². The van der Waals surface area contributed by atoms with E-state index in [-0.39, 0.29) is 17.5 Å². The fourth-order valence-corrected chi connectivity index (χ4v) is 3.55. The molecule has 2 heterocycles. The molecule has 0 spiro atoms.